The minimum Gasteiger partial charge on any atom is -0.497 e. The second kappa shape index (κ2) is 12.0. The average molecular weight is 532 g/mol. The number of fused-ring (bicyclic) bond motifs is 1. The summed E-state index contributed by atoms with van der Waals surface area (Å²) in [7, 11) is 3.38. The lowest BCUT2D eigenvalue weighted by molar-refractivity contribution is 0.296. The van der Waals surface area contributed by atoms with Gasteiger partial charge in [0.15, 0.2) is 17.5 Å². The number of aliphatic imine (C=N–C) groups is 1. The number of para-hydroxylation sites is 1. The summed E-state index contributed by atoms with van der Waals surface area (Å²) in [6.45, 7) is 2.65. The van der Waals surface area contributed by atoms with E-state index in [2.05, 4.69) is 15.6 Å². The van der Waals surface area contributed by atoms with Crippen molar-refractivity contribution in [2.75, 3.05) is 33.9 Å². The van der Waals surface area contributed by atoms with E-state index in [-0.39, 0.29) is 24.0 Å². The largest absolute Gasteiger partial charge is 0.497 e. The summed E-state index contributed by atoms with van der Waals surface area (Å²) in [5.41, 5.74) is 2.10. The Morgan fingerprint density at radius 2 is 1.97 bits per heavy atom. The molecule has 6 nitrogen and oxygen atoms in total. The first kappa shape index (κ1) is 23.4. The van der Waals surface area contributed by atoms with E-state index < -0.39 is 0 Å². The lowest BCUT2D eigenvalue weighted by atomic mass is 10.1. The van der Waals surface area contributed by atoms with E-state index in [9.17, 15) is 0 Å². The van der Waals surface area contributed by atoms with Crippen LogP contribution in [-0.2, 0) is 13.0 Å². The Kier molecular flexibility index (Phi) is 9.66. The van der Waals surface area contributed by atoms with Crippen LogP contribution in [0, 0.1) is 0 Å². The molecule has 0 radical (unpaired) electrons. The zero-order valence-corrected chi connectivity index (χ0v) is 19.8. The van der Waals surface area contributed by atoms with E-state index in [1.807, 2.05) is 36.4 Å². The molecule has 2 N–H and O–H groups in total. The Balaban J connectivity index is 0.00000300. The number of nitrogens with zero attached hydrogens (tertiary/aromatic N) is 1. The van der Waals surface area contributed by atoms with Crippen LogP contribution in [-0.4, -0.2) is 39.9 Å². The number of rotatable bonds is 6. The first-order valence-electron chi connectivity index (χ1n) is 9.35. The van der Waals surface area contributed by atoms with E-state index in [4.69, 9.17) is 25.8 Å². The van der Waals surface area contributed by atoms with Gasteiger partial charge in [0.25, 0.3) is 0 Å². The van der Waals surface area contributed by atoms with Gasteiger partial charge in [-0.3, -0.25) is 4.99 Å². The highest BCUT2D eigenvalue weighted by Crippen LogP contribution is 2.33. The van der Waals surface area contributed by atoms with E-state index >= 15 is 0 Å². The maximum atomic E-state index is 6.30. The second-order valence-corrected chi connectivity index (χ2v) is 6.76. The number of nitrogens with one attached hydrogen (secondary N) is 2. The smallest absolute Gasteiger partial charge is 0.191 e. The van der Waals surface area contributed by atoms with Crippen LogP contribution < -0.4 is 24.8 Å². The molecule has 3 rings (SSSR count). The first-order chi connectivity index (χ1) is 13.7. The minimum absolute atomic E-state index is 0. The van der Waals surface area contributed by atoms with Crippen molar-refractivity contribution in [1.29, 1.82) is 0 Å². The third-order valence-electron chi connectivity index (χ3n) is 4.47. The minimum atomic E-state index is 0. The normalized spacial score (nSPS) is 13.1. The Bertz CT molecular complexity index is 833. The molecule has 0 aliphatic carbocycles. The summed E-state index contributed by atoms with van der Waals surface area (Å²) in [4.78, 5) is 4.28. The van der Waals surface area contributed by atoms with Crippen molar-refractivity contribution >= 4 is 41.5 Å². The Morgan fingerprint density at radius 1 is 1.14 bits per heavy atom. The summed E-state index contributed by atoms with van der Waals surface area (Å²) in [5, 5.41) is 7.34. The summed E-state index contributed by atoms with van der Waals surface area (Å²) < 4.78 is 16.8. The molecule has 0 spiro atoms. The zero-order valence-electron chi connectivity index (χ0n) is 16.7. The molecule has 0 atom stereocenters. The fourth-order valence-corrected chi connectivity index (χ4v) is 3.23. The number of guanidine groups is 1. The van der Waals surface area contributed by atoms with Gasteiger partial charge in [0.05, 0.1) is 20.3 Å². The van der Waals surface area contributed by atoms with Gasteiger partial charge >= 0.3 is 0 Å². The molecule has 0 bridgehead atoms. The fraction of sp³-hybridized carbons (Fsp3) is 0.381. The molecule has 0 saturated carbocycles. The molecule has 0 fully saturated rings. The Hall–Kier alpha value is -1.87. The van der Waals surface area contributed by atoms with E-state index in [0.29, 0.717) is 31.3 Å². The van der Waals surface area contributed by atoms with E-state index in [1.165, 1.54) is 0 Å². The maximum absolute atomic E-state index is 6.30. The third kappa shape index (κ3) is 6.57. The van der Waals surface area contributed by atoms with Crippen LogP contribution in [0.15, 0.2) is 41.4 Å². The van der Waals surface area contributed by atoms with Crippen LogP contribution in [0.2, 0.25) is 5.02 Å². The predicted molar refractivity (Wildman–Crippen MR) is 127 cm³/mol. The SMILES string of the molecule is CN=C(NCCc1ccc(OC)cc1Cl)NCc1cccc2c1OCCCO2.I. The molecule has 0 aromatic heterocycles. The number of hydrogen-bond donors (Lipinski definition) is 2. The first-order valence-corrected chi connectivity index (χ1v) is 9.73. The molecule has 0 unspecified atom stereocenters. The summed E-state index contributed by atoms with van der Waals surface area (Å²) in [5.74, 6) is 3.09. The molecule has 2 aromatic carbocycles. The van der Waals surface area contributed by atoms with Gasteiger partial charge in [-0.2, -0.15) is 0 Å². The van der Waals surface area contributed by atoms with Crippen molar-refractivity contribution in [1.82, 2.24) is 10.6 Å². The molecule has 0 saturated heterocycles. The predicted octanol–water partition coefficient (Wildman–Crippen LogP) is 4.04. The number of methoxy groups -OCH3 is 1. The van der Waals surface area contributed by atoms with Crippen molar-refractivity contribution in [3.05, 3.63) is 52.5 Å². The molecule has 29 heavy (non-hydrogen) atoms. The number of halogens is 2. The van der Waals surface area contributed by atoms with Crippen LogP contribution in [0.25, 0.3) is 0 Å². The highest BCUT2D eigenvalue weighted by Gasteiger charge is 2.14. The van der Waals surface area contributed by atoms with E-state index in [1.54, 1.807) is 14.2 Å². The van der Waals surface area contributed by atoms with Gasteiger partial charge in [0, 0.05) is 37.1 Å². The van der Waals surface area contributed by atoms with Gasteiger partial charge in [0.1, 0.15) is 5.75 Å². The fourth-order valence-electron chi connectivity index (χ4n) is 2.97. The quantitative estimate of drug-likeness (QED) is 0.335. The number of hydrogen-bond acceptors (Lipinski definition) is 4. The Labute approximate surface area is 194 Å². The zero-order chi connectivity index (χ0) is 19.8. The topological polar surface area (TPSA) is 64.1 Å². The molecule has 158 valence electrons. The van der Waals surface area contributed by atoms with Crippen LogP contribution in [0.1, 0.15) is 17.5 Å². The molecule has 2 aromatic rings. The average Bonchev–Trinajstić information content (AvgIpc) is 2.97. The van der Waals surface area contributed by atoms with Gasteiger partial charge in [-0.05, 0) is 30.2 Å². The van der Waals surface area contributed by atoms with Gasteiger partial charge in [0.2, 0.25) is 0 Å². The molecular formula is C21H27ClIN3O3. The third-order valence-corrected chi connectivity index (χ3v) is 4.82. The van der Waals surface area contributed by atoms with Crippen LogP contribution in [0.4, 0.5) is 0 Å². The second-order valence-electron chi connectivity index (χ2n) is 6.35. The van der Waals surface area contributed by atoms with Gasteiger partial charge in [-0.25, -0.2) is 0 Å². The van der Waals surface area contributed by atoms with Gasteiger partial charge in [-0.1, -0.05) is 29.8 Å². The molecule has 1 aliphatic rings. The van der Waals surface area contributed by atoms with Crippen LogP contribution >= 0.6 is 35.6 Å². The number of benzene rings is 2. The highest BCUT2D eigenvalue weighted by atomic mass is 127. The van der Waals surface area contributed by atoms with Gasteiger partial charge in [-0.15, -0.1) is 24.0 Å². The molecule has 1 heterocycles. The van der Waals surface area contributed by atoms with Crippen LogP contribution in [0.3, 0.4) is 0 Å². The van der Waals surface area contributed by atoms with E-state index in [0.717, 1.165) is 47.2 Å². The standard InChI is InChI=1S/C21H26ClN3O3.HI/c1-23-21(24-10-9-15-7-8-17(26-2)13-18(15)22)25-14-16-5-3-6-19-20(16)28-12-4-11-27-19;/h3,5-8,13H,4,9-12,14H2,1-2H3,(H2,23,24,25);1H. The lowest BCUT2D eigenvalue weighted by Gasteiger charge is -2.15. The molecule has 0 amide bonds. The molecular weight excluding hydrogens is 505 g/mol. The Morgan fingerprint density at radius 3 is 2.72 bits per heavy atom. The lowest BCUT2D eigenvalue weighted by Crippen LogP contribution is -2.38. The molecule has 8 heteroatoms. The summed E-state index contributed by atoms with van der Waals surface area (Å²) in [6.07, 6.45) is 1.67. The monoisotopic (exact) mass is 531 g/mol. The van der Waals surface area contributed by atoms with Crippen molar-refractivity contribution in [2.45, 2.75) is 19.4 Å². The van der Waals surface area contributed by atoms with Crippen LogP contribution in [0.5, 0.6) is 17.2 Å². The van der Waals surface area contributed by atoms with Gasteiger partial charge < -0.3 is 24.8 Å². The van der Waals surface area contributed by atoms with Crippen molar-refractivity contribution in [2.24, 2.45) is 4.99 Å². The van der Waals surface area contributed by atoms with Crippen molar-refractivity contribution in [3.8, 4) is 17.2 Å². The highest BCUT2D eigenvalue weighted by molar-refractivity contribution is 14.0. The number of ether oxygens (including phenoxy) is 3. The van der Waals surface area contributed by atoms with Crippen molar-refractivity contribution < 1.29 is 14.2 Å². The summed E-state index contributed by atoms with van der Waals surface area (Å²) in [6, 6.07) is 11.7. The molecule has 1 aliphatic heterocycles. The summed E-state index contributed by atoms with van der Waals surface area (Å²) >= 11 is 6.30. The maximum Gasteiger partial charge on any atom is 0.191 e. The van der Waals surface area contributed by atoms with Crippen molar-refractivity contribution in [3.63, 3.8) is 0 Å².